The summed E-state index contributed by atoms with van der Waals surface area (Å²) in [5, 5.41) is 7.34. The van der Waals surface area contributed by atoms with Gasteiger partial charge >= 0.3 is 0 Å². The molecule has 6 nitrogen and oxygen atoms in total. The van der Waals surface area contributed by atoms with Crippen LogP contribution < -0.4 is 5.32 Å². The molecule has 0 amide bonds. The number of nitrogens with zero attached hydrogens (tertiary/aromatic N) is 2. The fourth-order valence-corrected chi connectivity index (χ4v) is 1.81. The fraction of sp³-hybridized carbons (Fsp3) is 0.818. The molecule has 2 fully saturated rings. The number of hydrogen-bond donors (Lipinski definition) is 1. The van der Waals surface area contributed by atoms with E-state index >= 15 is 0 Å². The zero-order chi connectivity index (χ0) is 11.5. The van der Waals surface area contributed by atoms with Gasteiger partial charge in [0.25, 0.3) is 0 Å². The summed E-state index contributed by atoms with van der Waals surface area (Å²) in [6.07, 6.45) is 3.19. The molecule has 1 saturated carbocycles. The van der Waals surface area contributed by atoms with Crippen molar-refractivity contribution in [2.75, 3.05) is 26.4 Å². The highest BCUT2D eigenvalue weighted by Crippen LogP contribution is 2.19. The predicted octanol–water partition coefficient (Wildman–Crippen LogP) is 0.452. The molecule has 1 aromatic rings. The first-order chi connectivity index (χ1) is 8.42. The second-order valence-electron chi connectivity index (χ2n) is 4.46. The first kappa shape index (κ1) is 11.1. The van der Waals surface area contributed by atoms with E-state index in [4.69, 9.17) is 14.0 Å². The second kappa shape index (κ2) is 5.12. The molecule has 1 unspecified atom stereocenters. The second-order valence-corrected chi connectivity index (χ2v) is 4.46. The molecule has 1 aliphatic carbocycles. The lowest BCUT2D eigenvalue weighted by atomic mass is 10.3. The Kier molecular flexibility index (Phi) is 3.35. The Morgan fingerprint density at radius 3 is 3.00 bits per heavy atom. The van der Waals surface area contributed by atoms with E-state index in [1.165, 1.54) is 12.8 Å². The average molecular weight is 239 g/mol. The first-order valence-electron chi connectivity index (χ1n) is 6.17. The minimum absolute atomic E-state index is 0.169. The number of nitrogens with one attached hydrogen (secondary N) is 1. The topological polar surface area (TPSA) is 69.4 Å². The normalized spacial score (nSPS) is 25.1. The fourth-order valence-electron chi connectivity index (χ4n) is 1.81. The molecule has 1 aromatic heterocycles. The summed E-state index contributed by atoms with van der Waals surface area (Å²) in [5.74, 6) is 1.27. The van der Waals surface area contributed by atoms with Gasteiger partial charge in [0.1, 0.15) is 6.10 Å². The van der Waals surface area contributed by atoms with E-state index < -0.39 is 0 Å². The van der Waals surface area contributed by atoms with Crippen molar-refractivity contribution < 1.29 is 14.0 Å². The largest absolute Gasteiger partial charge is 0.376 e. The molecule has 0 radical (unpaired) electrons. The van der Waals surface area contributed by atoms with E-state index in [9.17, 15) is 0 Å². The standard InChI is InChI=1S/C11H17N3O3/c1-2-8(1)12-4-3-10-13-11(14-17-10)9-7-15-5-6-16-9/h8-9,12H,1-7H2. The molecule has 1 N–H and O–H groups in total. The van der Waals surface area contributed by atoms with Gasteiger partial charge in [-0.05, 0) is 12.8 Å². The number of ether oxygens (including phenoxy) is 2. The summed E-state index contributed by atoms with van der Waals surface area (Å²) in [7, 11) is 0. The van der Waals surface area contributed by atoms with Gasteiger partial charge in [-0.25, -0.2) is 0 Å². The molecule has 0 spiro atoms. The van der Waals surface area contributed by atoms with Crippen LogP contribution in [0.3, 0.4) is 0 Å². The smallest absolute Gasteiger partial charge is 0.228 e. The van der Waals surface area contributed by atoms with Crippen LogP contribution in [0.25, 0.3) is 0 Å². The highest BCUT2D eigenvalue weighted by Gasteiger charge is 2.23. The molecule has 94 valence electrons. The van der Waals surface area contributed by atoms with Gasteiger partial charge in [-0.15, -0.1) is 0 Å². The third kappa shape index (κ3) is 3.02. The minimum Gasteiger partial charge on any atom is -0.376 e. The first-order valence-corrected chi connectivity index (χ1v) is 6.17. The van der Waals surface area contributed by atoms with Crippen molar-refractivity contribution in [1.82, 2.24) is 15.5 Å². The van der Waals surface area contributed by atoms with Crippen LogP contribution in [-0.2, 0) is 15.9 Å². The predicted molar refractivity (Wildman–Crippen MR) is 58.5 cm³/mol. The van der Waals surface area contributed by atoms with E-state index in [2.05, 4.69) is 15.5 Å². The summed E-state index contributed by atoms with van der Waals surface area (Å²) in [6, 6.07) is 0.715. The van der Waals surface area contributed by atoms with E-state index in [0.717, 1.165) is 13.0 Å². The highest BCUT2D eigenvalue weighted by atomic mass is 16.6. The molecule has 1 atom stereocenters. The SMILES string of the molecule is C(Cc1nc(C2COCCO2)no1)NC1CC1. The lowest BCUT2D eigenvalue weighted by molar-refractivity contribution is -0.0941. The van der Waals surface area contributed by atoms with Crippen molar-refractivity contribution in [3.8, 4) is 0 Å². The third-order valence-corrected chi connectivity index (χ3v) is 2.94. The third-order valence-electron chi connectivity index (χ3n) is 2.94. The van der Waals surface area contributed by atoms with Crippen LogP contribution in [0.5, 0.6) is 0 Å². The molecule has 1 saturated heterocycles. The molecule has 17 heavy (non-hydrogen) atoms. The van der Waals surface area contributed by atoms with Crippen LogP contribution in [0.2, 0.25) is 0 Å². The lowest BCUT2D eigenvalue weighted by Gasteiger charge is -2.19. The molecular weight excluding hydrogens is 222 g/mol. The summed E-state index contributed by atoms with van der Waals surface area (Å²) in [5.41, 5.74) is 0. The maximum atomic E-state index is 5.50. The number of rotatable bonds is 5. The molecule has 2 aliphatic rings. The van der Waals surface area contributed by atoms with Crippen molar-refractivity contribution in [3.05, 3.63) is 11.7 Å². The number of aromatic nitrogens is 2. The van der Waals surface area contributed by atoms with Crippen molar-refractivity contribution in [3.63, 3.8) is 0 Å². The summed E-state index contributed by atoms with van der Waals surface area (Å²) in [6.45, 7) is 2.65. The summed E-state index contributed by atoms with van der Waals surface area (Å²) in [4.78, 5) is 4.33. The molecule has 3 rings (SSSR count). The maximum absolute atomic E-state index is 5.50. The van der Waals surface area contributed by atoms with Gasteiger partial charge in [-0.3, -0.25) is 0 Å². The number of hydrogen-bond acceptors (Lipinski definition) is 6. The van der Waals surface area contributed by atoms with Gasteiger partial charge in [0.05, 0.1) is 19.8 Å². The van der Waals surface area contributed by atoms with Gasteiger partial charge in [0.2, 0.25) is 11.7 Å². The van der Waals surface area contributed by atoms with Gasteiger partial charge in [-0.2, -0.15) is 4.98 Å². The Balaban J connectivity index is 1.49. The van der Waals surface area contributed by atoms with E-state index in [0.29, 0.717) is 37.6 Å². The average Bonchev–Trinajstić information content (AvgIpc) is 3.07. The minimum atomic E-state index is -0.169. The summed E-state index contributed by atoms with van der Waals surface area (Å²) < 4.78 is 16.0. The van der Waals surface area contributed by atoms with Crippen LogP contribution >= 0.6 is 0 Å². The van der Waals surface area contributed by atoms with Crippen molar-refractivity contribution in [2.45, 2.75) is 31.4 Å². The summed E-state index contributed by atoms with van der Waals surface area (Å²) >= 11 is 0. The molecule has 1 aliphatic heterocycles. The van der Waals surface area contributed by atoms with Crippen LogP contribution in [0.1, 0.15) is 30.7 Å². The van der Waals surface area contributed by atoms with Gasteiger partial charge in [0, 0.05) is 19.0 Å². The highest BCUT2D eigenvalue weighted by molar-refractivity contribution is 4.93. The Morgan fingerprint density at radius 2 is 2.24 bits per heavy atom. The molecule has 6 heteroatoms. The quantitative estimate of drug-likeness (QED) is 0.804. The zero-order valence-electron chi connectivity index (χ0n) is 9.72. The Hall–Kier alpha value is -0.980. The van der Waals surface area contributed by atoms with Crippen molar-refractivity contribution in [1.29, 1.82) is 0 Å². The van der Waals surface area contributed by atoms with Crippen molar-refractivity contribution in [2.24, 2.45) is 0 Å². The zero-order valence-corrected chi connectivity index (χ0v) is 9.72. The monoisotopic (exact) mass is 239 g/mol. The molecular formula is C11H17N3O3. The van der Waals surface area contributed by atoms with Crippen LogP contribution in [0, 0.1) is 0 Å². The van der Waals surface area contributed by atoms with Gasteiger partial charge in [-0.1, -0.05) is 5.16 Å². The van der Waals surface area contributed by atoms with Crippen LogP contribution in [0.4, 0.5) is 0 Å². The van der Waals surface area contributed by atoms with Crippen molar-refractivity contribution >= 4 is 0 Å². The molecule has 0 bridgehead atoms. The van der Waals surface area contributed by atoms with E-state index in [1.807, 2.05) is 0 Å². The van der Waals surface area contributed by atoms with E-state index in [-0.39, 0.29) is 6.10 Å². The Morgan fingerprint density at radius 1 is 1.29 bits per heavy atom. The maximum Gasteiger partial charge on any atom is 0.228 e. The van der Waals surface area contributed by atoms with Crippen LogP contribution in [-0.4, -0.2) is 42.5 Å². The van der Waals surface area contributed by atoms with E-state index in [1.54, 1.807) is 0 Å². The van der Waals surface area contributed by atoms with Gasteiger partial charge in [0.15, 0.2) is 0 Å². The molecule has 0 aromatic carbocycles. The Labute approximate surface area is 99.7 Å². The lowest BCUT2D eigenvalue weighted by Crippen LogP contribution is -2.23. The molecule has 2 heterocycles. The van der Waals surface area contributed by atoms with Crippen LogP contribution in [0.15, 0.2) is 4.52 Å². The Bertz CT molecular complexity index is 359. The van der Waals surface area contributed by atoms with Gasteiger partial charge < -0.3 is 19.3 Å².